The van der Waals surface area contributed by atoms with Crippen molar-refractivity contribution in [1.29, 1.82) is 0 Å². The summed E-state index contributed by atoms with van der Waals surface area (Å²) in [5, 5.41) is 3.32. The van der Waals surface area contributed by atoms with Gasteiger partial charge in [-0.2, -0.15) is 0 Å². The van der Waals surface area contributed by atoms with Gasteiger partial charge in [-0.3, -0.25) is 4.79 Å². The summed E-state index contributed by atoms with van der Waals surface area (Å²) in [5.74, 6) is 1.76. The number of ether oxygens (including phenoxy) is 3. The first-order valence-corrected chi connectivity index (χ1v) is 9.58. The minimum atomic E-state index is -0.312. The maximum Gasteiger partial charge on any atom is 0.239 e. The third kappa shape index (κ3) is 2.95. The maximum absolute atomic E-state index is 12.7. The highest BCUT2D eigenvalue weighted by Crippen LogP contribution is 2.45. The van der Waals surface area contributed by atoms with Gasteiger partial charge >= 0.3 is 0 Å². The van der Waals surface area contributed by atoms with Crippen molar-refractivity contribution in [2.75, 3.05) is 40.5 Å². The fraction of sp³-hybridized carbons (Fsp3) is 0.650. The number of methoxy groups -OCH3 is 2. The number of nitrogens with one attached hydrogen (secondary N) is 1. The minimum Gasteiger partial charge on any atom is -0.493 e. The number of piperidine rings is 1. The molecule has 3 aliphatic heterocycles. The summed E-state index contributed by atoms with van der Waals surface area (Å²) in [6.45, 7) is 3.14. The van der Waals surface area contributed by atoms with E-state index in [9.17, 15) is 4.79 Å². The number of likely N-dealkylation sites (tertiary alicyclic amines) is 1. The molecule has 6 nitrogen and oxygen atoms in total. The normalized spacial score (nSPS) is 24.4. The van der Waals surface area contributed by atoms with E-state index < -0.39 is 0 Å². The van der Waals surface area contributed by atoms with Crippen molar-refractivity contribution >= 4 is 5.91 Å². The highest BCUT2D eigenvalue weighted by molar-refractivity contribution is 5.82. The number of amides is 1. The van der Waals surface area contributed by atoms with Crippen LogP contribution in [-0.4, -0.2) is 57.3 Å². The molecule has 0 aromatic heterocycles. The molecule has 1 spiro atoms. The fourth-order valence-corrected chi connectivity index (χ4v) is 4.60. The molecule has 0 aliphatic carbocycles. The maximum atomic E-state index is 12.7. The van der Waals surface area contributed by atoms with E-state index >= 15 is 0 Å². The molecule has 3 heterocycles. The highest BCUT2D eigenvalue weighted by Gasteiger charge is 2.43. The van der Waals surface area contributed by atoms with Crippen molar-refractivity contribution in [2.24, 2.45) is 0 Å². The number of benzene rings is 1. The molecule has 2 saturated heterocycles. The average molecular weight is 360 g/mol. The Bertz CT molecular complexity index is 677. The lowest BCUT2D eigenvalue weighted by atomic mass is 9.79. The van der Waals surface area contributed by atoms with Gasteiger partial charge in [0.05, 0.1) is 32.5 Å². The van der Waals surface area contributed by atoms with Gasteiger partial charge in [-0.05, 0) is 61.9 Å². The van der Waals surface area contributed by atoms with Crippen LogP contribution in [0.25, 0.3) is 0 Å². The quantitative estimate of drug-likeness (QED) is 0.891. The summed E-state index contributed by atoms with van der Waals surface area (Å²) in [6.07, 6.45) is 4.58. The summed E-state index contributed by atoms with van der Waals surface area (Å²) in [5.41, 5.74) is 2.16. The number of nitrogens with zero attached hydrogens (tertiary/aromatic N) is 1. The molecule has 2 fully saturated rings. The molecule has 142 valence electrons. The van der Waals surface area contributed by atoms with Crippen molar-refractivity contribution in [3.63, 3.8) is 0 Å². The summed E-state index contributed by atoms with van der Waals surface area (Å²) in [7, 11) is 3.33. The predicted molar refractivity (Wildman–Crippen MR) is 97.7 cm³/mol. The first-order chi connectivity index (χ1) is 12.7. The molecule has 4 rings (SSSR count). The smallest absolute Gasteiger partial charge is 0.239 e. The first kappa shape index (κ1) is 17.6. The SMILES string of the molecule is COc1cc2c(cc1OC)C1(CCN(C(=O)[C@@H]3CCCN3)CC1)OCC2. The van der Waals surface area contributed by atoms with Gasteiger partial charge < -0.3 is 24.4 Å². The first-order valence-electron chi connectivity index (χ1n) is 9.58. The van der Waals surface area contributed by atoms with E-state index in [2.05, 4.69) is 17.4 Å². The Labute approximate surface area is 154 Å². The van der Waals surface area contributed by atoms with Gasteiger partial charge in [0.1, 0.15) is 0 Å². The zero-order chi connectivity index (χ0) is 18.1. The Kier molecular flexibility index (Phi) is 4.80. The minimum absolute atomic E-state index is 0.00738. The van der Waals surface area contributed by atoms with Crippen molar-refractivity contribution < 1.29 is 19.0 Å². The Morgan fingerprint density at radius 1 is 1.23 bits per heavy atom. The number of rotatable bonds is 3. The number of carbonyl (C=O) groups excluding carboxylic acids is 1. The van der Waals surface area contributed by atoms with Gasteiger partial charge in [-0.25, -0.2) is 0 Å². The van der Waals surface area contributed by atoms with Gasteiger partial charge in [-0.15, -0.1) is 0 Å². The van der Waals surface area contributed by atoms with Crippen LogP contribution in [0.2, 0.25) is 0 Å². The molecule has 1 N–H and O–H groups in total. The van der Waals surface area contributed by atoms with Crippen molar-refractivity contribution in [2.45, 2.75) is 43.7 Å². The van der Waals surface area contributed by atoms with Crippen LogP contribution < -0.4 is 14.8 Å². The zero-order valence-corrected chi connectivity index (χ0v) is 15.7. The zero-order valence-electron chi connectivity index (χ0n) is 15.7. The third-order valence-corrected chi connectivity index (χ3v) is 6.09. The Morgan fingerprint density at radius 2 is 1.96 bits per heavy atom. The standard InChI is InChI=1S/C20H28N2O4/c1-24-17-12-14-5-11-26-20(15(14)13-18(17)25-2)6-9-22(10-7-20)19(23)16-4-3-8-21-16/h12-13,16,21H,3-11H2,1-2H3/t16-/m0/s1. The van der Waals surface area contributed by atoms with E-state index in [-0.39, 0.29) is 17.6 Å². The molecule has 0 saturated carbocycles. The molecule has 3 aliphatic rings. The van der Waals surface area contributed by atoms with E-state index in [0.29, 0.717) is 6.61 Å². The van der Waals surface area contributed by atoms with E-state index in [1.807, 2.05) is 4.90 Å². The van der Waals surface area contributed by atoms with E-state index in [1.165, 1.54) is 11.1 Å². The fourth-order valence-electron chi connectivity index (χ4n) is 4.60. The molecule has 0 radical (unpaired) electrons. The third-order valence-electron chi connectivity index (χ3n) is 6.09. The van der Waals surface area contributed by atoms with E-state index in [4.69, 9.17) is 14.2 Å². The van der Waals surface area contributed by atoms with E-state index in [0.717, 1.165) is 63.2 Å². The van der Waals surface area contributed by atoms with Crippen LogP contribution in [0.15, 0.2) is 12.1 Å². The summed E-state index contributed by atoms with van der Waals surface area (Å²) >= 11 is 0. The summed E-state index contributed by atoms with van der Waals surface area (Å²) < 4.78 is 17.3. The van der Waals surface area contributed by atoms with Crippen molar-refractivity contribution in [3.05, 3.63) is 23.3 Å². The Hall–Kier alpha value is -1.79. The topological polar surface area (TPSA) is 60.0 Å². The largest absolute Gasteiger partial charge is 0.493 e. The van der Waals surface area contributed by atoms with Crippen LogP contribution in [-0.2, 0) is 21.6 Å². The lowest BCUT2D eigenvalue weighted by Gasteiger charge is -2.45. The number of hydrogen-bond donors (Lipinski definition) is 1. The summed E-state index contributed by atoms with van der Waals surface area (Å²) in [4.78, 5) is 14.7. The summed E-state index contributed by atoms with van der Waals surface area (Å²) in [6, 6.07) is 4.16. The van der Waals surface area contributed by atoms with Crippen LogP contribution in [0.3, 0.4) is 0 Å². The number of carbonyl (C=O) groups is 1. The second kappa shape index (κ2) is 7.08. The van der Waals surface area contributed by atoms with Crippen LogP contribution >= 0.6 is 0 Å². The highest BCUT2D eigenvalue weighted by atomic mass is 16.5. The molecule has 1 aromatic carbocycles. The van der Waals surface area contributed by atoms with Crippen LogP contribution in [0.5, 0.6) is 11.5 Å². The number of fused-ring (bicyclic) bond motifs is 2. The average Bonchev–Trinajstić information content (AvgIpc) is 3.22. The monoisotopic (exact) mass is 360 g/mol. The molecular weight excluding hydrogens is 332 g/mol. The predicted octanol–water partition coefficient (Wildman–Crippen LogP) is 1.85. The van der Waals surface area contributed by atoms with Crippen molar-refractivity contribution in [1.82, 2.24) is 10.2 Å². The van der Waals surface area contributed by atoms with Crippen LogP contribution in [0.4, 0.5) is 0 Å². The van der Waals surface area contributed by atoms with Crippen molar-refractivity contribution in [3.8, 4) is 11.5 Å². The molecule has 1 atom stereocenters. The lowest BCUT2D eigenvalue weighted by Crippen LogP contribution is -2.52. The Balaban J connectivity index is 1.55. The molecule has 0 bridgehead atoms. The van der Waals surface area contributed by atoms with Gasteiger partial charge in [0.15, 0.2) is 11.5 Å². The molecule has 26 heavy (non-hydrogen) atoms. The molecule has 0 unspecified atom stereocenters. The lowest BCUT2D eigenvalue weighted by molar-refractivity contribution is -0.142. The van der Waals surface area contributed by atoms with Crippen LogP contribution in [0, 0.1) is 0 Å². The van der Waals surface area contributed by atoms with E-state index in [1.54, 1.807) is 14.2 Å². The van der Waals surface area contributed by atoms with Crippen LogP contribution in [0.1, 0.15) is 36.8 Å². The Morgan fingerprint density at radius 3 is 2.62 bits per heavy atom. The molecule has 1 amide bonds. The molecule has 1 aromatic rings. The second-order valence-electron chi connectivity index (χ2n) is 7.43. The van der Waals surface area contributed by atoms with Gasteiger partial charge in [0.2, 0.25) is 5.91 Å². The van der Waals surface area contributed by atoms with Gasteiger partial charge in [-0.1, -0.05) is 0 Å². The molecule has 6 heteroatoms. The molecular formula is C20H28N2O4. The van der Waals surface area contributed by atoms with Gasteiger partial charge in [0, 0.05) is 13.1 Å². The number of hydrogen-bond acceptors (Lipinski definition) is 5. The second-order valence-corrected chi connectivity index (χ2v) is 7.43. The van der Waals surface area contributed by atoms with Gasteiger partial charge in [0.25, 0.3) is 0 Å².